The number of carbonyl (C=O) groups excluding carboxylic acids is 6. The van der Waals surface area contributed by atoms with Crippen LogP contribution in [0.5, 0.6) is 0 Å². The van der Waals surface area contributed by atoms with Crippen molar-refractivity contribution >= 4 is 80.1 Å². The van der Waals surface area contributed by atoms with Gasteiger partial charge in [0, 0.05) is 46.3 Å². The van der Waals surface area contributed by atoms with Gasteiger partial charge in [0.05, 0.1) is 58.5 Å². The van der Waals surface area contributed by atoms with E-state index < -0.39 is 35.8 Å². The Morgan fingerprint density at radius 3 is 1.20 bits per heavy atom. The monoisotopic (exact) mass is 1070 g/mol. The van der Waals surface area contributed by atoms with Gasteiger partial charge in [-0.3, -0.25) is 72.1 Å². The van der Waals surface area contributed by atoms with Crippen LogP contribution < -0.4 is 33.0 Å². The van der Waals surface area contributed by atoms with Crippen LogP contribution in [0, 0.1) is 0 Å². The van der Waals surface area contributed by atoms with Gasteiger partial charge in [-0.1, -0.05) is 56.7 Å². The Labute approximate surface area is 441 Å². The van der Waals surface area contributed by atoms with E-state index in [4.69, 9.17) is 21.4 Å². The number of halogens is 1. The predicted octanol–water partition coefficient (Wildman–Crippen LogP) is 4.34. The maximum Gasteiger partial charge on any atom is 0.329 e. The maximum atomic E-state index is 12.8. The van der Waals surface area contributed by atoms with Crippen LogP contribution in [-0.4, -0.2) is 85.3 Å². The van der Waals surface area contributed by atoms with Crippen LogP contribution >= 0.6 is 11.6 Å². The molecule has 76 heavy (non-hydrogen) atoms. The molecule has 0 bridgehead atoms. The maximum absolute atomic E-state index is 12.8. The normalized spacial score (nSPS) is 20.5. The van der Waals surface area contributed by atoms with Crippen molar-refractivity contribution in [2.45, 2.75) is 152 Å². The zero-order chi connectivity index (χ0) is 54.4. The minimum atomic E-state index is -0.682. The summed E-state index contributed by atoms with van der Waals surface area (Å²) in [5.74, 6) is -1.83. The second-order valence-corrected chi connectivity index (χ2v) is 20.4. The molecule has 6 heterocycles. The fourth-order valence-electron chi connectivity index (χ4n) is 10.7. The van der Waals surface area contributed by atoms with Crippen molar-refractivity contribution in [3.05, 3.63) is 103 Å². The van der Waals surface area contributed by atoms with Gasteiger partial charge in [0.25, 0.3) is 0 Å². The summed E-state index contributed by atoms with van der Waals surface area (Å²) in [6.07, 6.45) is 13.9. The number of alkyl halides is 1. The number of nitrogens with one attached hydrogen (secondary N) is 3. The van der Waals surface area contributed by atoms with E-state index >= 15 is 0 Å². The van der Waals surface area contributed by atoms with E-state index in [0.717, 1.165) is 47.8 Å². The quantitative estimate of drug-likeness (QED) is 0.105. The van der Waals surface area contributed by atoms with Gasteiger partial charge in [-0.25, -0.2) is 14.4 Å². The number of carbonyl (C=O) groups is 6. The summed E-state index contributed by atoms with van der Waals surface area (Å²) >= 11 is 5.82. The molecule has 3 atom stereocenters. The van der Waals surface area contributed by atoms with Crippen molar-refractivity contribution in [3.8, 4) is 0 Å². The first-order valence-corrected chi connectivity index (χ1v) is 26.6. The number of hydrogen-bond acceptors (Lipinski definition) is 12. The third-order valence-electron chi connectivity index (χ3n) is 15.0. The van der Waals surface area contributed by atoms with Gasteiger partial charge in [0.1, 0.15) is 18.1 Å². The lowest BCUT2D eigenvalue weighted by Crippen LogP contribution is -2.44. The Balaban J connectivity index is 0.000000143. The molecule has 2 saturated carbocycles. The summed E-state index contributed by atoms with van der Waals surface area (Å²) in [6, 6.07) is 14.4. The number of amides is 6. The minimum absolute atomic E-state index is 0.0359. The lowest BCUT2D eigenvalue weighted by atomic mass is 9.98. The standard InChI is InChI=1S/C20H25N3O4.C14H14ClN3O3.C14H15N3O4.C6H12O/c1-22-17-11-13(12-27-14-5-3-2-4-6-14)7-8-15(17)23(20(22)26)16-9-10-18(24)21-19(16)25;1-17-11-6-8(7-15)2-3-9(11)18(14(17)21)10-4-5-12(19)16-13(10)20;1-16-11-6-8(7-18)2-3-9(11)17(14(16)21)10-4-5-12(19)15-13(10)20;7-6-4-2-1-3-5-6/h7-8,11,14,16H,2-6,9-10,12H2,1H3,(H,21,24,25);2-3,6,10H,4-5,7H2,1H3,(H,16,19,20);2-3,6,10,18H,4-5,7H2,1H3,(H,15,19,20);6-7H,1-5H2. The van der Waals surface area contributed by atoms with Crippen molar-refractivity contribution in [3.63, 3.8) is 0 Å². The van der Waals surface area contributed by atoms with Crippen LogP contribution in [0.15, 0.2) is 69.0 Å². The van der Waals surface area contributed by atoms with Gasteiger partial charge < -0.3 is 14.9 Å². The number of benzene rings is 3. The smallest absolute Gasteiger partial charge is 0.329 e. The van der Waals surface area contributed by atoms with Crippen LogP contribution in [0.2, 0.25) is 0 Å². The molecule has 6 amide bonds. The number of fused-ring (bicyclic) bond motifs is 3. The second kappa shape index (κ2) is 24.4. The number of imidazole rings is 3. The van der Waals surface area contributed by atoms with E-state index in [9.17, 15) is 48.3 Å². The number of hydrogen-bond donors (Lipinski definition) is 5. The third-order valence-corrected chi connectivity index (χ3v) is 15.3. The summed E-state index contributed by atoms with van der Waals surface area (Å²) < 4.78 is 14.9. The highest BCUT2D eigenvalue weighted by atomic mass is 35.5. The van der Waals surface area contributed by atoms with Gasteiger partial charge in [-0.05, 0) is 98.0 Å². The van der Waals surface area contributed by atoms with Crippen molar-refractivity contribution in [2.24, 2.45) is 21.1 Å². The largest absolute Gasteiger partial charge is 0.393 e. The average molecular weight is 1070 g/mol. The molecule has 3 unspecified atom stereocenters. The molecule has 3 aromatic heterocycles. The first kappa shape index (κ1) is 55.3. The fourth-order valence-corrected chi connectivity index (χ4v) is 10.9. The Morgan fingerprint density at radius 1 is 0.487 bits per heavy atom. The molecule has 406 valence electrons. The molecule has 3 aromatic carbocycles. The lowest BCUT2D eigenvalue weighted by Gasteiger charge is -2.22. The summed E-state index contributed by atoms with van der Waals surface area (Å²) in [6.45, 7) is 0.409. The SMILES string of the molecule is Cn1c(=O)n(C2CCC(=O)NC2=O)c2ccc(CCl)cc21.Cn1c(=O)n(C2CCC(=O)NC2=O)c2ccc(CO)cc21.Cn1c(=O)n(C2CCC(=O)NC2=O)c2ccc(COC3CCCCC3)cc21.OC1CCCCC1. The molecule has 0 spiro atoms. The second-order valence-electron chi connectivity index (χ2n) is 20.2. The van der Waals surface area contributed by atoms with Crippen molar-refractivity contribution in [2.75, 3.05) is 0 Å². The highest BCUT2D eigenvalue weighted by Crippen LogP contribution is 2.28. The van der Waals surface area contributed by atoms with Crippen LogP contribution in [0.4, 0.5) is 0 Å². The van der Waals surface area contributed by atoms with Gasteiger partial charge in [-0.15, -0.1) is 11.6 Å². The molecule has 3 saturated heterocycles. The highest BCUT2D eigenvalue weighted by Gasteiger charge is 2.34. The van der Waals surface area contributed by atoms with E-state index in [-0.39, 0.29) is 66.8 Å². The van der Waals surface area contributed by atoms with E-state index in [2.05, 4.69) is 16.0 Å². The number of ether oxygens (including phenoxy) is 1. The molecule has 11 rings (SSSR count). The predicted molar refractivity (Wildman–Crippen MR) is 282 cm³/mol. The number of nitrogens with zero attached hydrogens (tertiary/aromatic N) is 6. The van der Waals surface area contributed by atoms with E-state index in [1.807, 2.05) is 30.3 Å². The zero-order valence-corrected chi connectivity index (χ0v) is 43.8. The van der Waals surface area contributed by atoms with Gasteiger partial charge in [0.15, 0.2) is 0 Å². The number of aromatic nitrogens is 6. The molecule has 21 nitrogen and oxygen atoms in total. The fraction of sp³-hybridized carbons (Fsp3) is 0.500. The van der Waals surface area contributed by atoms with Crippen LogP contribution in [0.1, 0.15) is 138 Å². The molecule has 0 radical (unpaired) electrons. The summed E-state index contributed by atoms with van der Waals surface area (Å²) in [5.41, 5.74) is 5.93. The molecular weight excluding hydrogens is 1000 g/mol. The number of aliphatic hydroxyl groups is 2. The minimum Gasteiger partial charge on any atom is -0.393 e. The molecule has 5 fully saturated rings. The molecule has 2 aliphatic carbocycles. The number of aryl methyl sites for hydroxylation is 3. The van der Waals surface area contributed by atoms with Crippen molar-refractivity contribution in [1.82, 2.24) is 43.4 Å². The Bertz CT molecular complexity index is 3230. The highest BCUT2D eigenvalue weighted by molar-refractivity contribution is 6.17. The van der Waals surface area contributed by atoms with Crippen molar-refractivity contribution in [1.29, 1.82) is 0 Å². The van der Waals surface area contributed by atoms with E-state index in [1.165, 1.54) is 61.4 Å². The van der Waals surface area contributed by atoms with Crippen LogP contribution in [0.25, 0.3) is 33.1 Å². The Kier molecular flexibility index (Phi) is 17.7. The number of rotatable bonds is 8. The Morgan fingerprint density at radius 2 is 0.842 bits per heavy atom. The topological polar surface area (TPSA) is 269 Å². The number of aliphatic hydroxyl groups excluding tert-OH is 2. The lowest BCUT2D eigenvalue weighted by molar-refractivity contribution is -0.137. The summed E-state index contributed by atoms with van der Waals surface area (Å²) in [5, 5.41) is 25.0. The van der Waals surface area contributed by atoms with Crippen LogP contribution in [0.3, 0.4) is 0 Å². The van der Waals surface area contributed by atoms with E-state index in [0.29, 0.717) is 65.5 Å². The summed E-state index contributed by atoms with van der Waals surface area (Å²) in [7, 11) is 4.98. The van der Waals surface area contributed by atoms with Crippen molar-refractivity contribution < 1.29 is 43.7 Å². The van der Waals surface area contributed by atoms with E-state index in [1.54, 1.807) is 50.0 Å². The van der Waals surface area contributed by atoms with Gasteiger partial charge >= 0.3 is 17.1 Å². The zero-order valence-electron chi connectivity index (χ0n) is 43.1. The first-order valence-electron chi connectivity index (χ1n) is 26.1. The molecule has 3 aliphatic heterocycles. The van der Waals surface area contributed by atoms with Gasteiger partial charge in [-0.2, -0.15) is 0 Å². The molecule has 22 heteroatoms. The summed E-state index contributed by atoms with van der Waals surface area (Å²) in [4.78, 5) is 108. The first-order chi connectivity index (χ1) is 36.5. The van der Waals surface area contributed by atoms with Gasteiger partial charge in [0.2, 0.25) is 35.4 Å². The number of imide groups is 3. The molecule has 5 N–H and O–H groups in total. The molecular formula is C54H66ClN9O12. The average Bonchev–Trinajstić information content (AvgIpc) is 3.93. The van der Waals surface area contributed by atoms with Crippen LogP contribution in [-0.2, 0) is 73.7 Å². The number of piperidine rings is 3. The molecule has 6 aromatic rings. The Hall–Kier alpha value is -6.94. The third kappa shape index (κ3) is 12.0. The molecule has 5 aliphatic rings.